The van der Waals surface area contributed by atoms with Gasteiger partial charge in [0.2, 0.25) is 5.75 Å². The first kappa shape index (κ1) is 21.0. The lowest BCUT2D eigenvalue weighted by molar-refractivity contribution is 0.0939. The highest BCUT2D eigenvalue weighted by Crippen LogP contribution is 2.29. The Morgan fingerprint density at radius 2 is 2.07 bits per heavy atom. The van der Waals surface area contributed by atoms with Gasteiger partial charge in [0.25, 0.3) is 11.5 Å². The molecule has 0 spiro atoms. The van der Waals surface area contributed by atoms with E-state index in [1.165, 1.54) is 16.7 Å². The van der Waals surface area contributed by atoms with Gasteiger partial charge < -0.3 is 10.4 Å². The number of nitrogens with zero attached hydrogens (tertiary/aromatic N) is 3. The van der Waals surface area contributed by atoms with Gasteiger partial charge in [0.05, 0.1) is 6.04 Å². The summed E-state index contributed by atoms with van der Waals surface area (Å²) in [7, 11) is 0. The second kappa shape index (κ2) is 9.17. The van der Waals surface area contributed by atoms with Gasteiger partial charge in [-0.1, -0.05) is 26.0 Å². The summed E-state index contributed by atoms with van der Waals surface area (Å²) in [4.78, 5) is 32.0. The van der Waals surface area contributed by atoms with E-state index in [9.17, 15) is 19.1 Å². The maximum Gasteiger partial charge on any atom is 0.296 e. The van der Waals surface area contributed by atoms with Crippen molar-refractivity contribution < 1.29 is 14.3 Å². The Morgan fingerprint density at radius 3 is 2.72 bits per heavy atom. The molecule has 0 fully saturated rings. The highest BCUT2D eigenvalue weighted by molar-refractivity contribution is 5.94. The van der Waals surface area contributed by atoms with Crippen molar-refractivity contribution in [2.75, 3.05) is 13.1 Å². The van der Waals surface area contributed by atoms with Crippen molar-refractivity contribution in [2.24, 2.45) is 0 Å². The Bertz CT molecular complexity index is 927. The second-order valence-corrected chi connectivity index (χ2v) is 7.22. The van der Waals surface area contributed by atoms with Gasteiger partial charge in [0.15, 0.2) is 5.69 Å². The van der Waals surface area contributed by atoms with E-state index in [0.717, 1.165) is 32.4 Å². The summed E-state index contributed by atoms with van der Waals surface area (Å²) in [6.07, 6.45) is 2.63. The number of aromatic nitrogens is 2. The number of carbonyl (C=O) groups excluding carboxylic acids is 1. The average Bonchev–Trinajstić information content (AvgIpc) is 2.73. The van der Waals surface area contributed by atoms with E-state index < -0.39 is 17.2 Å². The molecule has 1 aliphatic heterocycles. The smallest absolute Gasteiger partial charge is 0.296 e. The molecule has 1 amide bonds. The molecule has 8 heteroatoms. The van der Waals surface area contributed by atoms with Crippen molar-refractivity contribution in [1.29, 1.82) is 0 Å². The third kappa shape index (κ3) is 4.48. The molecule has 0 saturated heterocycles. The Labute approximate surface area is 169 Å². The fourth-order valence-electron chi connectivity index (χ4n) is 3.80. The van der Waals surface area contributed by atoms with E-state index in [2.05, 4.69) is 29.0 Å². The van der Waals surface area contributed by atoms with Gasteiger partial charge >= 0.3 is 0 Å². The van der Waals surface area contributed by atoms with Crippen LogP contribution in [0.25, 0.3) is 0 Å². The normalized spacial score (nSPS) is 15.9. The zero-order chi connectivity index (χ0) is 21.0. The zero-order valence-electron chi connectivity index (χ0n) is 16.8. The van der Waals surface area contributed by atoms with Crippen molar-refractivity contribution in [3.05, 3.63) is 57.5 Å². The molecule has 156 valence electrons. The quantitative estimate of drug-likeness (QED) is 0.743. The zero-order valence-corrected chi connectivity index (χ0v) is 16.8. The number of benzene rings is 1. The number of rotatable bonds is 7. The topological polar surface area (TPSA) is 87.5 Å². The SMILES string of the molecule is CCCN(CC)C1CCCn2c1nc(C(=O)NCc1ccc(F)cc1)c(O)c2=O. The van der Waals surface area contributed by atoms with E-state index in [1.807, 2.05) is 0 Å². The molecule has 29 heavy (non-hydrogen) atoms. The van der Waals surface area contributed by atoms with Gasteiger partial charge in [0, 0.05) is 13.1 Å². The molecule has 1 aromatic carbocycles. The van der Waals surface area contributed by atoms with Crippen molar-refractivity contribution in [1.82, 2.24) is 19.8 Å². The van der Waals surface area contributed by atoms with Crippen LogP contribution in [0.3, 0.4) is 0 Å². The van der Waals surface area contributed by atoms with Crippen LogP contribution < -0.4 is 10.9 Å². The standard InChI is InChI=1S/C21H27FN4O3/c1-3-11-25(4-2)16-6-5-12-26-19(16)24-17(18(27)21(26)29)20(28)23-13-14-7-9-15(22)10-8-14/h7-10,16,27H,3-6,11-13H2,1-2H3,(H,23,28). The number of fused-ring (bicyclic) bond motifs is 1. The van der Waals surface area contributed by atoms with Crippen LogP contribution in [0.2, 0.25) is 0 Å². The van der Waals surface area contributed by atoms with Crippen LogP contribution in [0.1, 0.15) is 61.0 Å². The van der Waals surface area contributed by atoms with Gasteiger partial charge in [-0.2, -0.15) is 0 Å². The van der Waals surface area contributed by atoms with Crippen LogP contribution in [0.5, 0.6) is 5.75 Å². The van der Waals surface area contributed by atoms with Gasteiger partial charge in [-0.3, -0.25) is 19.1 Å². The number of carbonyl (C=O) groups is 1. The summed E-state index contributed by atoms with van der Waals surface area (Å²) in [6, 6.07) is 5.67. The summed E-state index contributed by atoms with van der Waals surface area (Å²) >= 11 is 0. The monoisotopic (exact) mass is 402 g/mol. The lowest BCUT2D eigenvalue weighted by atomic mass is 10.0. The van der Waals surface area contributed by atoms with Crippen LogP contribution in [0, 0.1) is 5.82 Å². The first-order valence-electron chi connectivity index (χ1n) is 10.1. The molecule has 1 unspecified atom stereocenters. The number of nitrogens with one attached hydrogen (secondary N) is 1. The largest absolute Gasteiger partial charge is 0.501 e. The lowest BCUT2D eigenvalue weighted by Gasteiger charge is -2.34. The van der Waals surface area contributed by atoms with Crippen LogP contribution in [0.15, 0.2) is 29.1 Å². The Hall–Kier alpha value is -2.74. The van der Waals surface area contributed by atoms with E-state index in [0.29, 0.717) is 17.9 Å². The summed E-state index contributed by atoms with van der Waals surface area (Å²) in [5.74, 6) is -1.10. The Morgan fingerprint density at radius 1 is 1.34 bits per heavy atom. The predicted molar refractivity (Wildman–Crippen MR) is 107 cm³/mol. The maximum atomic E-state index is 13.0. The number of hydrogen-bond acceptors (Lipinski definition) is 5. The molecule has 2 heterocycles. The van der Waals surface area contributed by atoms with Gasteiger partial charge in [-0.15, -0.1) is 0 Å². The minimum absolute atomic E-state index is 0.0642. The summed E-state index contributed by atoms with van der Waals surface area (Å²) in [5, 5.41) is 13.0. The first-order chi connectivity index (χ1) is 14.0. The molecule has 0 radical (unpaired) electrons. The lowest BCUT2D eigenvalue weighted by Crippen LogP contribution is -2.40. The van der Waals surface area contributed by atoms with Crippen molar-refractivity contribution in [2.45, 2.75) is 52.2 Å². The molecule has 2 N–H and O–H groups in total. The highest BCUT2D eigenvalue weighted by atomic mass is 19.1. The minimum atomic E-state index is -0.635. The third-order valence-electron chi connectivity index (χ3n) is 5.27. The number of hydrogen-bond donors (Lipinski definition) is 2. The van der Waals surface area contributed by atoms with Gasteiger partial charge in [0.1, 0.15) is 11.6 Å². The number of halogens is 1. The minimum Gasteiger partial charge on any atom is -0.501 e. The van der Waals surface area contributed by atoms with Crippen molar-refractivity contribution in [3.8, 4) is 5.75 Å². The molecular formula is C21H27FN4O3. The van der Waals surface area contributed by atoms with Crippen molar-refractivity contribution in [3.63, 3.8) is 0 Å². The van der Waals surface area contributed by atoms with Gasteiger partial charge in [-0.25, -0.2) is 9.37 Å². The summed E-state index contributed by atoms with van der Waals surface area (Å²) in [6.45, 7) is 6.44. The third-order valence-corrected chi connectivity index (χ3v) is 5.27. The van der Waals surface area contributed by atoms with Crippen LogP contribution >= 0.6 is 0 Å². The Balaban J connectivity index is 1.89. The van der Waals surface area contributed by atoms with E-state index in [4.69, 9.17) is 0 Å². The predicted octanol–water partition coefficient (Wildman–Crippen LogP) is 2.58. The van der Waals surface area contributed by atoms with Crippen LogP contribution in [-0.2, 0) is 13.1 Å². The number of aromatic hydroxyl groups is 1. The highest BCUT2D eigenvalue weighted by Gasteiger charge is 2.30. The molecule has 1 atom stereocenters. The summed E-state index contributed by atoms with van der Waals surface area (Å²) < 4.78 is 14.5. The average molecular weight is 402 g/mol. The van der Waals surface area contributed by atoms with Crippen LogP contribution in [-0.4, -0.2) is 38.6 Å². The molecule has 1 aliphatic rings. The molecule has 3 rings (SSSR count). The molecule has 1 aromatic heterocycles. The fourth-order valence-corrected chi connectivity index (χ4v) is 3.80. The fraction of sp³-hybridized carbons (Fsp3) is 0.476. The van der Waals surface area contributed by atoms with Crippen molar-refractivity contribution >= 4 is 5.91 Å². The van der Waals surface area contributed by atoms with E-state index in [1.54, 1.807) is 12.1 Å². The maximum absolute atomic E-state index is 13.0. The molecule has 0 saturated carbocycles. The molecule has 7 nitrogen and oxygen atoms in total. The molecular weight excluding hydrogens is 375 g/mol. The molecule has 0 aliphatic carbocycles. The number of amides is 1. The van der Waals surface area contributed by atoms with Gasteiger partial charge in [-0.05, 0) is 50.0 Å². The second-order valence-electron chi connectivity index (χ2n) is 7.22. The van der Waals surface area contributed by atoms with Crippen LogP contribution in [0.4, 0.5) is 4.39 Å². The summed E-state index contributed by atoms with van der Waals surface area (Å²) in [5.41, 5.74) is -0.145. The Kier molecular flexibility index (Phi) is 6.64. The molecule has 0 bridgehead atoms. The molecule has 2 aromatic rings. The van der Waals surface area contributed by atoms with E-state index >= 15 is 0 Å². The van der Waals surface area contributed by atoms with E-state index in [-0.39, 0.29) is 24.1 Å². The first-order valence-corrected chi connectivity index (χ1v) is 10.1.